The van der Waals surface area contributed by atoms with Crippen LogP contribution in [0.3, 0.4) is 0 Å². The summed E-state index contributed by atoms with van der Waals surface area (Å²) >= 11 is 0. The van der Waals surface area contributed by atoms with Crippen LogP contribution in [0.1, 0.15) is 66.7 Å². The second-order valence-electron chi connectivity index (χ2n) is 7.24. The van der Waals surface area contributed by atoms with Gasteiger partial charge in [-0.1, -0.05) is 27.7 Å². The molecule has 0 aromatic carbocycles. The molecule has 20 heavy (non-hydrogen) atoms. The molecule has 2 unspecified atom stereocenters. The summed E-state index contributed by atoms with van der Waals surface area (Å²) in [5.41, 5.74) is 0.348. The van der Waals surface area contributed by atoms with E-state index in [0.29, 0.717) is 18.4 Å². The van der Waals surface area contributed by atoms with Gasteiger partial charge in [-0.05, 0) is 56.3 Å². The summed E-state index contributed by atoms with van der Waals surface area (Å²) in [6, 6.07) is 0. The Bertz CT molecular complexity index is 298. The maximum absolute atomic E-state index is 11.9. The molecule has 0 heterocycles. The van der Waals surface area contributed by atoms with Crippen LogP contribution >= 0.6 is 0 Å². The number of rotatable bonds is 5. The van der Waals surface area contributed by atoms with Gasteiger partial charge < -0.3 is 9.84 Å². The van der Waals surface area contributed by atoms with Crippen LogP contribution in [0.15, 0.2) is 0 Å². The van der Waals surface area contributed by atoms with E-state index in [4.69, 9.17) is 4.74 Å². The third kappa shape index (κ3) is 4.47. The van der Waals surface area contributed by atoms with Crippen molar-refractivity contribution in [2.24, 2.45) is 23.2 Å². The predicted octanol–water partition coefficient (Wildman–Crippen LogP) is 3.79. The van der Waals surface area contributed by atoms with Crippen molar-refractivity contribution in [3.8, 4) is 0 Å². The van der Waals surface area contributed by atoms with Gasteiger partial charge in [0.25, 0.3) is 0 Å². The van der Waals surface area contributed by atoms with Gasteiger partial charge in [0.1, 0.15) is 0 Å². The van der Waals surface area contributed by atoms with Crippen LogP contribution in [0.5, 0.6) is 0 Å². The fourth-order valence-corrected chi connectivity index (χ4v) is 3.45. The monoisotopic (exact) mass is 284 g/mol. The van der Waals surface area contributed by atoms with Crippen molar-refractivity contribution in [3.05, 3.63) is 0 Å². The van der Waals surface area contributed by atoms with Crippen molar-refractivity contribution in [1.82, 2.24) is 0 Å². The number of hydrogen-bond donors (Lipinski definition) is 1. The van der Waals surface area contributed by atoms with E-state index in [9.17, 15) is 9.90 Å². The molecule has 1 fully saturated rings. The van der Waals surface area contributed by atoms with Crippen molar-refractivity contribution in [2.75, 3.05) is 6.61 Å². The molecule has 0 saturated heterocycles. The molecule has 1 N–H and O–H groups in total. The molecule has 0 amide bonds. The summed E-state index contributed by atoms with van der Waals surface area (Å²) in [7, 11) is 0. The Balaban J connectivity index is 2.56. The normalized spacial score (nSPS) is 26.9. The first-order valence-electron chi connectivity index (χ1n) is 8.15. The van der Waals surface area contributed by atoms with E-state index in [1.165, 1.54) is 0 Å². The second-order valence-corrected chi connectivity index (χ2v) is 7.24. The molecule has 0 aromatic rings. The van der Waals surface area contributed by atoms with Crippen molar-refractivity contribution in [2.45, 2.75) is 72.8 Å². The summed E-state index contributed by atoms with van der Waals surface area (Å²) in [4.78, 5) is 11.9. The van der Waals surface area contributed by atoms with Crippen LogP contribution in [-0.2, 0) is 9.53 Å². The van der Waals surface area contributed by atoms with Crippen molar-refractivity contribution in [1.29, 1.82) is 0 Å². The maximum Gasteiger partial charge on any atom is 0.311 e. The first-order valence-corrected chi connectivity index (χ1v) is 8.15. The number of aliphatic hydroxyl groups excluding tert-OH is 1. The van der Waals surface area contributed by atoms with E-state index in [1.54, 1.807) is 0 Å². The fraction of sp³-hybridized carbons (Fsp3) is 0.941. The molecule has 1 saturated carbocycles. The minimum absolute atomic E-state index is 0.236. The number of carbonyl (C=O) groups is 1. The molecule has 1 rings (SSSR count). The third-order valence-corrected chi connectivity index (χ3v) is 4.92. The molecular weight excluding hydrogens is 252 g/mol. The zero-order valence-electron chi connectivity index (χ0n) is 13.8. The van der Waals surface area contributed by atoms with Gasteiger partial charge in [0.05, 0.1) is 18.6 Å². The van der Waals surface area contributed by atoms with Crippen molar-refractivity contribution < 1.29 is 14.6 Å². The van der Waals surface area contributed by atoms with Crippen LogP contribution in [0.4, 0.5) is 0 Å². The Morgan fingerprint density at radius 1 is 1.20 bits per heavy atom. The number of carbonyl (C=O) groups excluding carboxylic acids is 1. The van der Waals surface area contributed by atoms with Gasteiger partial charge in [-0.3, -0.25) is 4.79 Å². The summed E-state index contributed by atoms with van der Waals surface area (Å²) in [5, 5.41) is 10.5. The summed E-state index contributed by atoms with van der Waals surface area (Å²) in [6.07, 6.45) is 4.48. The number of aliphatic hydroxyl groups is 1. The van der Waals surface area contributed by atoms with Crippen LogP contribution < -0.4 is 0 Å². The van der Waals surface area contributed by atoms with Gasteiger partial charge in [0.15, 0.2) is 0 Å². The predicted molar refractivity (Wildman–Crippen MR) is 81.3 cm³/mol. The van der Waals surface area contributed by atoms with E-state index in [1.807, 2.05) is 13.8 Å². The molecule has 2 atom stereocenters. The highest BCUT2D eigenvalue weighted by atomic mass is 16.5. The smallest absolute Gasteiger partial charge is 0.311 e. The molecule has 0 bridgehead atoms. The van der Waals surface area contributed by atoms with E-state index in [0.717, 1.165) is 31.6 Å². The molecule has 3 nitrogen and oxygen atoms in total. The van der Waals surface area contributed by atoms with Gasteiger partial charge in [-0.15, -0.1) is 0 Å². The van der Waals surface area contributed by atoms with Crippen molar-refractivity contribution in [3.63, 3.8) is 0 Å². The van der Waals surface area contributed by atoms with Crippen LogP contribution in [0.2, 0.25) is 0 Å². The Hall–Kier alpha value is -0.570. The third-order valence-electron chi connectivity index (χ3n) is 4.92. The average Bonchev–Trinajstić information content (AvgIpc) is 2.39. The Labute approximate surface area is 124 Å². The quantitative estimate of drug-likeness (QED) is 0.781. The van der Waals surface area contributed by atoms with Gasteiger partial charge in [-0.25, -0.2) is 0 Å². The molecule has 0 spiro atoms. The van der Waals surface area contributed by atoms with E-state index >= 15 is 0 Å². The fourth-order valence-electron chi connectivity index (χ4n) is 3.45. The summed E-state index contributed by atoms with van der Waals surface area (Å²) in [5.74, 6) is 0.392. The highest BCUT2D eigenvalue weighted by molar-refractivity contribution is 5.73. The van der Waals surface area contributed by atoms with Gasteiger partial charge in [0, 0.05) is 0 Å². The van der Waals surface area contributed by atoms with E-state index in [-0.39, 0.29) is 17.8 Å². The topological polar surface area (TPSA) is 46.5 Å². The average molecular weight is 284 g/mol. The van der Waals surface area contributed by atoms with Crippen LogP contribution in [0, 0.1) is 23.2 Å². The maximum atomic E-state index is 11.9. The Kier molecular flexibility index (Phi) is 6.50. The Morgan fingerprint density at radius 3 is 2.15 bits per heavy atom. The highest BCUT2D eigenvalue weighted by Gasteiger charge is 2.37. The zero-order valence-corrected chi connectivity index (χ0v) is 13.8. The molecule has 0 aliphatic heterocycles. The molecule has 1 aliphatic rings. The second kappa shape index (κ2) is 7.44. The summed E-state index contributed by atoms with van der Waals surface area (Å²) < 4.78 is 5.08. The lowest BCUT2D eigenvalue weighted by atomic mass is 9.68. The number of hydrogen-bond acceptors (Lipinski definition) is 3. The van der Waals surface area contributed by atoms with E-state index in [2.05, 4.69) is 20.8 Å². The number of esters is 1. The first kappa shape index (κ1) is 17.5. The Morgan fingerprint density at radius 2 is 1.75 bits per heavy atom. The van der Waals surface area contributed by atoms with E-state index < -0.39 is 6.10 Å². The van der Waals surface area contributed by atoms with Crippen LogP contribution in [-0.4, -0.2) is 23.8 Å². The lowest BCUT2D eigenvalue weighted by Crippen LogP contribution is -2.38. The van der Waals surface area contributed by atoms with Gasteiger partial charge >= 0.3 is 5.97 Å². The molecule has 0 radical (unpaired) electrons. The van der Waals surface area contributed by atoms with Crippen LogP contribution in [0.25, 0.3) is 0 Å². The SMILES string of the molecule is CCOC(=O)C(CC)C(O)C1CCC(C(C)(C)C)CC1. The summed E-state index contributed by atoms with van der Waals surface area (Å²) in [6.45, 7) is 11.0. The highest BCUT2D eigenvalue weighted by Crippen LogP contribution is 2.41. The first-order chi connectivity index (χ1) is 9.31. The van der Waals surface area contributed by atoms with Crippen molar-refractivity contribution >= 4 is 5.97 Å². The standard InChI is InChI=1S/C17H32O3/c1-6-14(16(19)20-7-2)15(18)12-8-10-13(11-9-12)17(3,4)5/h12-15,18H,6-11H2,1-5H3. The molecule has 0 aromatic heterocycles. The largest absolute Gasteiger partial charge is 0.466 e. The number of ether oxygens (including phenoxy) is 1. The van der Waals surface area contributed by atoms with Gasteiger partial charge in [0.2, 0.25) is 0 Å². The zero-order chi connectivity index (χ0) is 15.3. The lowest BCUT2D eigenvalue weighted by Gasteiger charge is -2.39. The minimum Gasteiger partial charge on any atom is -0.466 e. The minimum atomic E-state index is -0.542. The van der Waals surface area contributed by atoms with Gasteiger partial charge in [-0.2, -0.15) is 0 Å². The molecular formula is C17H32O3. The molecule has 3 heteroatoms. The molecule has 1 aliphatic carbocycles. The lowest BCUT2D eigenvalue weighted by molar-refractivity contribution is -0.154. The molecule has 118 valence electrons.